The Morgan fingerprint density at radius 1 is 0.430 bits per heavy atom. The standard InChI is InChI=1S/C86H67N5O.Pt/c1-86(2,3)72-44-45-88-85(54-72)91-81-43-40-65(60-25-10-4-11-26-60)53-80(81)79-42-41-74(56-84(79)91)92-75-55-73(57-87-58-75)90-59-89(82-38-21-22-39-83(82)90)46-23-9-20-35-78-76(70-49-66(61-27-12-5-13-28-61)47-67(50-70)62-29-14-6-15-30-62)36-24-37-77(78)71-51-68(63-31-16-7-17-32-63)48-69(52-71)64-33-18-8-19-34-64;/h4-8,10-19,21-22,24-34,36-45,47-54,57-58H,9,20,23,35,46H2,1-3H3;/q-2;. The predicted octanol–water partition coefficient (Wildman–Crippen LogP) is 21.4. The second-order valence-electron chi connectivity index (χ2n) is 24.8. The number of benzene rings is 11. The van der Waals surface area contributed by atoms with Crippen LogP contribution in [-0.4, -0.2) is 19.1 Å². The van der Waals surface area contributed by atoms with Crippen molar-refractivity contribution in [2.75, 3.05) is 0 Å². The second kappa shape index (κ2) is 26.4. The first-order chi connectivity index (χ1) is 45.2. The number of pyridine rings is 2. The number of imidazole rings is 1. The van der Waals surface area contributed by atoms with Crippen molar-refractivity contribution < 1.29 is 30.4 Å². The zero-order chi connectivity index (χ0) is 62.0. The molecule has 93 heavy (non-hydrogen) atoms. The molecule has 0 N–H and O–H groups in total. The molecule has 0 atom stereocenters. The van der Waals surface area contributed by atoms with E-state index in [0.29, 0.717) is 11.5 Å². The fraction of sp³-hybridized carbons (Fsp3) is 0.105. The van der Waals surface area contributed by atoms with Gasteiger partial charge in [0.05, 0.1) is 17.6 Å². The molecule has 0 saturated heterocycles. The van der Waals surface area contributed by atoms with E-state index >= 15 is 0 Å². The van der Waals surface area contributed by atoms with Crippen molar-refractivity contribution in [2.45, 2.75) is 58.4 Å². The summed E-state index contributed by atoms with van der Waals surface area (Å²) in [5, 5.41) is 2.17. The quantitative estimate of drug-likeness (QED) is 0.0519. The molecule has 15 aromatic rings. The molecule has 15 rings (SSSR count). The molecular weight excluding hydrogens is 1310 g/mol. The van der Waals surface area contributed by atoms with Crippen LogP contribution in [-0.2, 0) is 39.4 Å². The molecule has 6 nitrogen and oxygen atoms in total. The Hall–Kier alpha value is -10.5. The molecule has 0 unspecified atom stereocenters. The molecule has 0 bridgehead atoms. The molecule has 0 saturated carbocycles. The number of ether oxygens (including phenoxy) is 1. The van der Waals surface area contributed by atoms with Gasteiger partial charge in [0.15, 0.2) is 0 Å². The molecule has 7 heteroatoms. The Labute approximate surface area is 559 Å². The van der Waals surface area contributed by atoms with E-state index in [2.05, 4.69) is 320 Å². The number of hydrogen-bond acceptors (Lipinski definition) is 3. The van der Waals surface area contributed by atoms with Gasteiger partial charge in [0.2, 0.25) is 6.33 Å². The number of aromatic nitrogens is 5. The average Bonchev–Trinajstić information content (AvgIpc) is 1.63. The maximum atomic E-state index is 6.69. The summed E-state index contributed by atoms with van der Waals surface area (Å²) in [5.41, 5.74) is 24.0. The van der Waals surface area contributed by atoms with Crippen LogP contribution in [0.4, 0.5) is 0 Å². The third kappa shape index (κ3) is 12.6. The Morgan fingerprint density at radius 3 is 1.54 bits per heavy atom. The van der Waals surface area contributed by atoms with Gasteiger partial charge in [-0.2, -0.15) is 6.07 Å². The fourth-order valence-corrected chi connectivity index (χ4v) is 13.1. The minimum absolute atomic E-state index is 0. The van der Waals surface area contributed by atoms with Crippen molar-refractivity contribution >= 4 is 32.8 Å². The Bertz CT molecular complexity index is 4870. The molecule has 4 heterocycles. The van der Waals surface area contributed by atoms with Crippen molar-refractivity contribution in [3.8, 4) is 101 Å². The molecule has 454 valence electrons. The first kappa shape index (κ1) is 60.1. The molecular formula is C86H67N5OPt-2. The number of para-hydroxylation sites is 2. The van der Waals surface area contributed by atoms with E-state index in [1.165, 1.54) is 77.9 Å². The summed E-state index contributed by atoms with van der Waals surface area (Å²) in [6, 6.07) is 106. The van der Waals surface area contributed by atoms with Gasteiger partial charge in [-0.25, -0.2) is 4.98 Å². The molecule has 0 aliphatic heterocycles. The third-order valence-electron chi connectivity index (χ3n) is 17.7. The number of fused-ring (bicyclic) bond motifs is 4. The van der Waals surface area contributed by atoms with E-state index in [1.54, 1.807) is 6.20 Å². The average molecular weight is 1380 g/mol. The van der Waals surface area contributed by atoms with E-state index in [0.717, 1.165) is 87.7 Å². The first-order valence-corrected chi connectivity index (χ1v) is 31.9. The summed E-state index contributed by atoms with van der Waals surface area (Å²) in [7, 11) is 0. The number of rotatable bonds is 17. The van der Waals surface area contributed by atoms with E-state index in [4.69, 9.17) is 14.7 Å². The zero-order valence-corrected chi connectivity index (χ0v) is 54.5. The zero-order valence-electron chi connectivity index (χ0n) is 52.2. The molecule has 11 aromatic carbocycles. The van der Waals surface area contributed by atoms with Crippen LogP contribution in [0.15, 0.2) is 292 Å². The van der Waals surface area contributed by atoms with Crippen LogP contribution in [0.2, 0.25) is 0 Å². The molecule has 0 amide bonds. The van der Waals surface area contributed by atoms with Gasteiger partial charge in [-0.1, -0.05) is 239 Å². The minimum atomic E-state index is -0.0669. The van der Waals surface area contributed by atoms with E-state index in [1.807, 2.05) is 18.5 Å². The smallest absolute Gasteiger partial charge is 0.242 e. The van der Waals surface area contributed by atoms with Crippen molar-refractivity contribution in [2.24, 2.45) is 0 Å². The molecule has 0 aliphatic carbocycles. The Balaban J connectivity index is 0.00000749. The van der Waals surface area contributed by atoms with Gasteiger partial charge in [0, 0.05) is 44.3 Å². The molecule has 0 fully saturated rings. The van der Waals surface area contributed by atoms with Crippen LogP contribution in [0.5, 0.6) is 11.5 Å². The largest absolute Gasteiger partial charge is 0.508 e. The number of unbranched alkanes of at least 4 members (excludes halogenated alkanes) is 2. The van der Waals surface area contributed by atoms with Crippen LogP contribution in [0.3, 0.4) is 0 Å². The number of aryl methyl sites for hydroxylation is 1. The number of hydrogen-bond donors (Lipinski definition) is 0. The summed E-state index contributed by atoms with van der Waals surface area (Å²) in [6.45, 7) is 7.48. The summed E-state index contributed by atoms with van der Waals surface area (Å²) >= 11 is 0. The Kier molecular flexibility index (Phi) is 17.0. The molecule has 0 spiro atoms. The normalized spacial score (nSPS) is 11.5. The predicted molar refractivity (Wildman–Crippen MR) is 377 cm³/mol. The summed E-state index contributed by atoms with van der Waals surface area (Å²) in [4.78, 5) is 9.67. The van der Waals surface area contributed by atoms with Gasteiger partial charge in [-0.15, -0.1) is 23.6 Å². The van der Waals surface area contributed by atoms with Gasteiger partial charge in [-0.05, 0) is 192 Å². The van der Waals surface area contributed by atoms with Gasteiger partial charge in [0.1, 0.15) is 5.82 Å². The topological polar surface area (TPSA) is 48.8 Å². The van der Waals surface area contributed by atoms with Crippen molar-refractivity contribution in [3.05, 3.63) is 321 Å². The Morgan fingerprint density at radius 2 is 0.968 bits per heavy atom. The first-order valence-electron chi connectivity index (χ1n) is 31.9. The molecule has 0 radical (unpaired) electrons. The van der Waals surface area contributed by atoms with Gasteiger partial charge >= 0.3 is 0 Å². The summed E-state index contributed by atoms with van der Waals surface area (Å²) in [6.07, 6.45) is 13.0. The van der Waals surface area contributed by atoms with Crippen LogP contribution < -0.4 is 9.30 Å². The van der Waals surface area contributed by atoms with Crippen molar-refractivity contribution in [1.29, 1.82) is 0 Å². The number of nitrogens with zero attached hydrogens (tertiary/aromatic N) is 5. The van der Waals surface area contributed by atoms with Gasteiger partial charge in [0.25, 0.3) is 0 Å². The van der Waals surface area contributed by atoms with E-state index in [9.17, 15) is 0 Å². The third-order valence-corrected chi connectivity index (χ3v) is 17.7. The van der Waals surface area contributed by atoms with Crippen molar-refractivity contribution in [1.82, 2.24) is 19.1 Å². The van der Waals surface area contributed by atoms with E-state index in [-0.39, 0.29) is 26.5 Å². The minimum Gasteiger partial charge on any atom is -0.508 e. The van der Waals surface area contributed by atoms with Crippen molar-refractivity contribution in [3.63, 3.8) is 0 Å². The molecule has 0 aliphatic rings. The van der Waals surface area contributed by atoms with Crippen LogP contribution >= 0.6 is 0 Å². The summed E-state index contributed by atoms with van der Waals surface area (Å²) < 4.78 is 13.2. The maximum absolute atomic E-state index is 6.69. The van der Waals surface area contributed by atoms with E-state index < -0.39 is 0 Å². The summed E-state index contributed by atoms with van der Waals surface area (Å²) in [5.74, 6) is 1.85. The monoisotopic (exact) mass is 1380 g/mol. The maximum Gasteiger partial charge on any atom is 0.242 e. The van der Waals surface area contributed by atoms with Gasteiger partial charge in [-0.3, -0.25) is 0 Å². The van der Waals surface area contributed by atoms with Gasteiger partial charge < -0.3 is 23.4 Å². The van der Waals surface area contributed by atoms with Crippen LogP contribution in [0.1, 0.15) is 51.2 Å². The second-order valence-corrected chi connectivity index (χ2v) is 24.8. The molecule has 4 aromatic heterocycles. The SMILES string of the molecule is CC(C)(C)c1ccnc(-n2c3[c-]c(Oc4[c-]c(-n5[c-][n+](CCCCCc6c(-c7cc(-c8ccccc8)cc(-c8ccccc8)c7)cccc6-c6cc(-c7ccccc7)cc(-c7ccccc7)c6)c6ccccc65)cnc4)ccc3c3cc(-c4ccccc4)ccc32)c1.[Pt]. The van der Waals surface area contributed by atoms with Crippen LogP contribution in [0, 0.1) is 18.5 Å². The van der Waals surface area contributed by atoms with Crippen LogP contribution in [0.25, 0.3) is 122 Å². The fourth-order valence-electron chi connectivity index (χ4n) is 13.1.